The first-order valence-electron chi connectivity index (χ1n) is 4.32. The molecular weight excluding hydrogens is 199 g/mol. The van der Waals surface area contributed by atoms with Crippen LogP contribution in [0.25, 0.3) is 0 Å². The summed E-state index contributed by atoms with van der Waals surface area (Å²) in [6.45, 7) is 5.17. The van der Waals surface area contributed by atoms with Gasteiger partial charge in [-0.1, -0.05) is 0 Å². The number of hydrogen-bond donors (Lipinski definition) is 1. The Morgan fingerprint density at radius 1 is 1.29 bits per heavy atom. The molecule has 1 aromatic carbocycles. The molecule has 0 aromatic heterocycles. The summed E-state index contributed by atoms with van der Waals surface area (Å²) in [7, 11) is -1.74. The summed E-state index contributed by atoms with van der Waals surface area (Å²) in [5, 5.41) is 0.392. The summed E-state index contributed by atoms with van der Waals surface area (Å²) < 4.78 is 16.6. The zero-order valence-electron chi connectivity index (χ0n) is 8.87. The summed E-state index contributed by atoms with van der Waals surface area (Å²) >= 11 is 0. The van der Waals surface area contributed by atoms with E-state index in [0.717, 1.165) is 11.1 Å². The molecule has 0 fully saturated rings. The topological polar surface area (TPSA) is 46.5 Å². The molecule has 0 spiro atoms. The maximum atomic E-state index is 11.5. The minimum Gasteiger partial charge on any atom is -0.496 e. The SMILES string of the molecule is COc1cc(C)c(C)cc1P(C)(=O)O. The Balaban J connectivity index is 3.43. The van der Waals surface area contributed by atoms with Crippen LogP contribution in [0.4, 0.5) is 0 Å². The second-order valence-corrected chi connectivity index (χ2v) is 5.73. The molecule has 0 amide bonds. The highest BCUT2D eigenvalue weighted by Crippen LogP contribution is 2.38. The Kier molecular flexibility index (Phi) is 3.03. The van der Waals surface area contributed by atoms with Crippen LogP contribution in [0.5, 0.6) is 5.75 Å². The third kappa shape index (κ3) is 2.17. The molecule has 0 saturated carbocycles. The van der Waals surface area contributed by atoms with Crippen molar-refractivity contribution >= 4 is 12.7 Å². The predicted octanol–water partition coefficient (Wildman–Crippen LogP) is 1.84. The number of benzene rings is 1. The van der Waals surface area contributed by atoms with E-state index in [1.807, 2.05) is 13.8 Å². The molecule has 1 atom stereocenters. The Bertz CT molecular complexity index is 393. The third-order valence-electron chi connectivity index (χ3n) is 2.24. The van der Waals surface area contributed by atoms with E-state index >= 15 is 0 Å². The Hall–Kier alpha value is -0.790. The number of rotatable bonds is 2. The van der Waals surface area contributed by atoms with Gasteiger partial charge in [-0.3, -0.25) is 4.57 Å². The van der Waals surface area contributed by atoms with Gasteiger partial charge in [-0.25, -0.2) is 0 Å². The third-order valence-corrected chi connectivity index (χ3v) is 3.49. The fraction of sp³-hybridized carbons (Fsp3) is 0.400. The fourth-order valence-corrected chi connectivity index (χ4v) is 2.26. The van der Waals surface area contributed by atoms with Gasteiger partial charge in [0.2, 0.25) is 7.37 Å². The molecule has 4 heteroatoms. The average Bonchev–Trinajstić information content (AvgIpc) is 2.07. The molecule has 3 nitrogen and oxygen atoms in total. The molecule has 0 aliphatic heterocycles. The van der Waals surface area contributed by atoms with Crippen molar-refractivity contribution in [1.82, 2.24) is 0 Å². The first kappa shape index (κ1) is 11.3. The second-order valence-electron chi connectivity index (χ2n) is 3.49. The van der Waals surface area contributed by atoms with Crippen LogP contribution >= 0.6 is 7.37 Å². The van der Waals surface area contributed by atoms with Gasteiger partial charge in [0.05, 0.1) is 12.4 Å². The Labute approximate surface area is 84.2 Å². The van der Waals surface area contributed by atoms with Crippen LogP contribution < -0.4 is 10.0 Å². The van der Waals surface area contributed by atoms with Crippen molar-refractivity contribution < 1.29 is 14.2 Å². The molecule has 1 N–H and O–H groups in total. The highest BCUT2D eigenvalue weighted by molar-refractivity contribution is 7.65. The van der Waals surface area contributed by atoms with Gasteiger partial charge in [-0.05, 0) is 37.1 Å². The lowest BCUT2D eigenvalue weighted by Crippen LogP contribution is -2.09. The van der Waals surface area contributed by atoms with Gasteiger partial charge in [-0.2, -0.15) is 0 Å². The molecule has 0 radical (unpaired) electrons. The zero-order chi connectivity index (χ0) is 10.9. The Morgan fingerprint density at radius 3 is 2.21 bits per heavy atom. The van der Waals surface area contributed by atoms with E-state index in [1.165, 1.54) is 13.8 Å². The molecule has 0 saturated heterocycles. The molecule has 0 bridgehead atoms. The first-order chi connectivity index (χ1) is 6.36. The van der Waals surface area contributed by atoms with Crippen LogP contribution in [-0.2, 0) is 4.57 Å². The van der Waals surface area contributed by atoms with E-state index in [2.05, 4.69) is 0 Å². The zero-order valence-corrected chi connectivity index (χ0v) is 9.76. The lowest BCUT2D eigenvalue weighted by Gasteiger charge is -2.13. The fourth-order valence-electron chi connectivity index (χ4n) is 1.26. The van der Waals surface area contributed by atoms with Gasteiger partial charge in [0, 0.05) is 6.66 Å². The Morgan fingerprint density at radius 2 is 1.79 bits per heavy atom. The van der Waals surface area contributed by atoms with Crippen LogP contribution in [0, 0.1) is 13.8 Å². The quantitative estimate of drug-likeness (QED) is 0.764. The summed E-state index contributed by atoms with van der Waals surface area (Å²) in [6, 6.07) is 3.51. The van der Waals surface area contributed by atoms with E-state index in [0.29, 0.717) is 11.1 Å². The van der Waals surface area contributed by atoms with Gasteiger partial charge in [0.15, 0.2) is 0 Å². The van der Waals surface area contributed by atoms with Crippen molar-refractivity contribution in [2.75, 3.05) is 13.8 Å². The molecule has 0 aliphatic carbocycles. The van der Waals surface area contributed by atoms with Crippen molar-refractivity contribution in [3.63, 3.8) is 0 Å². The second kappa shape index (κ2) is 3.76. The van der Waals surface area contributed by atoms with Crippen molar-refractivity contribution in [1.29, 1.82) is 0 Å². The normalized spacial score (nSPS) is 14.9. The minimum atomic E-state index is -3.24. The number of methoxy groups -OCH3 is 1. The van der Waals surface area contributed by atoms with E-state index < -0.39 is 7.37 Å². The highest BCUT2D eigenvalue weighted by atomic mass is 31.2. The molecule has 1 aromatic rings. The van der Waals surface area contributed by atoms with Gasteiger partial charge in [0.1, 0.15) is 5.75 Å². The lowest BCUT2D eigenvalue weighted by atomic mass is 10.1. The maximum Gasteiger partial charge on any atom is 0.230 e. The molecule has 78 valence electrons. The smallest absolute Gasteiger partial charge is 0.230 e. The molecule has 1 rings (SSSR count). The average molecular weight is 214 g/mol. The molecule has 0 heterocycles. The molecular formula is C10H15O3P. The molecule has 14 heavy (non-hydrogen) atoms. The van der Waals surface area contributed by atoms with Gasteiger partial charge >= 0.3 is 0 Å². The van der Waals surface area contributed by atoms with E-state index in [4.69, 9.17) is 4.74 Å². The largest absolute Gasteiger partial charge is 0.496 e. The first-order valence-corrected chi connectivity index (χ1v) is 6.43. The van der Waals surface area contributed by atoms with Crippen LogP contribution in [0.2, 0.25) is 0 Å². The van der Waals surface area contributed by atoms with Gasteiger partial charge in [0.25, 0.3) is 0 Å². The molecule has 1 unspecified atom stereocenters. The lowest BCUT2D eigenvalue weighted by molar-refractivity contribution is 0.415. The van der Waals surface area contributed by atoms with E-state index in [-0.39, 0.29) is 0 Å². The number of aryl methyl sites for hydroxylation is 2. The monoisotopic (exact) mass is 214 g/mol. The van der Waals surface area contributed by atoms with E-state index in [1.54, 1.807) is 12.1 Å². The maximum absolute atomic E-state index is 11.5. The number of hydrogen-bond acceptors (Lipinski definition) is 2. The number of ether oxygens (including phenoxy) is 1. The predicted molar refractivity (Wildman–Crippen MR) is 57.9 cm³/mol. The van der Waals surface area contributed by atoms with Crippen LogP contribution in [0.15, 0.2) is 12.1 Å². The van der Waals surface area contributed by atoms with Crippen molar-refractivity contribution in [3.8, 4) is 5.75 Å². The van der Waals surface area contributed by atoms with Crippen LogP contribution in [0.1, 0.15) is 11.1 Å². The van der Waals surface area contributed by atoms with Gasteiger partial charge in [-0.15, -0.1) is 0 Å². The summed E-state index contributed by atoms with van der Waals surface area (Å²) in [5.41, 5.74) is 2.05. The summed E-state index contributed by atoms with van der Waals surface area (Å²) in [4.78, 5) is 9.49. The molecule has 0 aliphatic rings. The highest BCUT2D eigenvalue weighted by Gasteiger charge is 2.20. The standard InChI is InChI=1S/C10H15O3P/c1-7-5-9(13-3)10(6-8(7)2)14(4,11)12/h5-6H,1-4H3,(H,11,12). The van der Waals surface area contributed by atoms with Crippen molar-refractivity contribution in [2.24, 2.45) is 0 Å². The van der Waals surface area contributed by atoms with Crippen LogP contribution in [-0.4, -0.2) is 18.7 Å². The van der Waals surface area contributed by atoms with Crippen molar-refractivity contribution in [2.45, 2.75) is 13.8 Å². The van der Waals surface area contributed by atoms with Gasteiger partial charge < -0.3 is 9.63 Å². The summed E-state index contributed by atoms with van der Waals surface area (Å²) in [5.74, 6) is 0.487. The van der Waals surface area contributed by atoms with E-state index in [9.17, 15) is 9.46 Å². The minimum absolute atomic E-state index is 0.392. The summed E-state index contributed by atoms with van der Waals surface area (Å²) in [6.07, 6.45) is 0. The van der Waals surface area contributed by atoms with Crippen LogP contribution in [0.3, 0.4) is 0 Å². The van der Waals surface area contributed by atoms with Crippen molar-refractivity contribution in [3.05, 3.63) is 23.3 Å².